The van der Waals surface area contributed by atoms with Crippen LogP contribution in [0.3, 0.4) is 0 Å². The van der Waals surface area contributed by atoms with Gasteiger partial charge in [0, 0.05) is 9.75 Å². The van der Waals surface area contributed by atoms with E-state index in [1.54, 1.807) is 18.3 Å². The van der Waals surface area contributed by atoms with Gasteiger partial charge < -0.3 is 9.72 Å². The molecule has 2 aromatic rings. The van der Waals surface area contributed by atoms with Crippen LogP contribution in [-0.2, 0) is 9.53 Å². The van der Waals surface area contributed by atoms with Crippen molar-refractivity contribution in [2.75, 3.05) is 6.61 Å². The van der Waals surface area contributed by atoms with Crippen molar-refractivity contribution in [3.05, 3.63) is 41.4 Å². The molecular formula is C13H13NO3S2. The normalized spacial score (nSPS) is 12.9. The molecule has 0 saturated heterocycles. The van der Waals surface area contributed by atoms with Crippen LogP contribution in [0, 0.1) is 6.92 Å². The maximum absolute atomic E-state index is 11.7. The van der Waals surface area contributed by atoms with Crippen molar-refractivity contribution < 1.29 is 9.53 Å². The molecule has 0 spiro atoms. The van der Waals surface area contributed by atoms with E-state index >= 15 is 0 Å². The van der Waals surface area contributed by atoms with Gasteiger partial charge in [-0.2, -0.15) is 0 Å². The maximum Gasteiger partial charge on any atom is 0.333 e. The third-order valence-corrected chi connectivity index (χ3v) is 4.16. The van der Waals surface area contributed by atoms with Crippen LogP contribution in [0.15, 0.2) is 16.9 Å². The molecular weight excluding hydrogens is 282 g/mol. The van der Waals surface area contributed by atoms with E-state index in [0.717, 1.165) is 4.88 Å². The van der Waals surface area contributed by atoms with Crippen LogP contribution in [-0.4, -0.2) is 17.6 Å². The Hall–Kier alpha value is -1.66. The highest BCUT2D eigenvalue weighted by atomic mass is 32.1. The monoisotopic (exact) mass is 295 g/mol. The van der Waals surface area contributed by atoms with E-state index in [1.165, 1.54) is 22.3 Å². The van der Waals surface area contributed by atoms with Crippen molar-refractivity contribution in [2.24, 2.45) is 0 Å². The molecule has 0 aliphatic carbocycles. The highest BCUT2D eigenvalue weighted by molar-refractivity contribution is 7.13. The summed E-state index contributed by atoms with van der Waals surface area (Å²) in [5.74, 6) is -0.446. The summed E-state index contributed by atoms with van der Waals surface area (Å²) in [5, 5.41) is 0. The summed E-state index contributed by atoms with van der Waals surface area (Å²) in [6, 6.07) is 3.97. The minimum absolute atomic E-state index is 0.188. The van der Waals surface area contributed by atoms with E-state index in [1.807, 2.05) is 25.1 Å². The molecule has 0 amide bonds. The lowest BCUT2D eigenvalue weighted by Gasteiger charge is -1.92. The molecule has 0 aliphatic heterocycles. The van der Waals surface area contributed by atoms with E-state index in [0.29, 0.717) is 15.8 Å². The largest absolute Gasteiger partial charge is 0.463 e. The number of thiazole rings is 1. The van der Waals surface area contributed by atoms with Crippen LogP contribution in [0.2, 0.25) is 0 Å². The molecule has 0 fully saturated rings. The van der Waals surface area contributed by atoms with E-state index in [-0.39, 0.29) is 5.56 Å². The van der Waals surface area contributed by atoms with Gasteiger partial charge >= 0.3 is 5.97 Å². The van der Waals surface area contributed by atoms with E-state index in [9.17, 15) is 9.59 Å². The molecule has 100 valence electrons. The molecule has 0 bridgehead atoms. The fourth-order valence-electron chi connectivity index (χ4n) is 1.48. The van der Waals surface area contributed by atoms with Crippen molar-refractivity contribution in [3.63, 3.8) is 0 Å². The summed E-state index contributed by atoms with van der Waals surface area (Å²) in [4.78, 5) is 27.9. The molecule has 0 aliphatic rings. The summed E-state index contributed by atoms with van der Waals surface area (Å²) < 4.78 is 5.88. The average Bonchev–Trinajstić information content (AvgIpc) is 2.87. The first-order valence-corrected chi connectivity index (χ1v) is 7.37. The topological polar surface area (TPSA) is 59.2 Å². The predicted octanol–water partition coefficient (Wildman–Crippen LogP) is 0.979. The Morgan fingerprint density at radius 2 is 2.21 bits per heavy atom. The lowest BCUT2D eigenvalue weighted by molar-refractivity contribution is -0.135. The molecule has 2 aromatic heterocycles. The highest BCUT2D eigenvalue weighted by Gasteiger charge is 2.00. The van der Waals surface area contributed by atoms with Crippen LogP contribution in [0.5, 0.6) is 0 Å². The fourth-order valence-corrected chi connectivity index (χ4v) is 3.24. The van der Waals surface area contributed by atoms with Gasteiger partial charge in [0.05, 0.1) is 17.2 Å². The second kappa shape index (κ2) is 5.99. The Bertz CT molecular complexity index is 751. The first-order chi connectivity index (χ1) is 9.08. The zero-order valence-electron chi connectivity index (χ0n) is 10.6. The number of H-pyrrole nitrogens is 1. The first-order valence-electron chi connectivity index (χ1n) is 5.74. The molecule has 4 nitrogen and oxygen atoms in total. The lowest BCUT2D eigenvalue weighted by atomic mass is 10.4. The first kappa shape index (κ1) is 13.8. The Kier molecular flexibility index (Phi) is 4.34. The number of carbonyl (C=O) groups excluding carboxylic acids is 1. The lowest BCUT2D eigenvalue weighted by Crippen LogP contribution is -2.19. The summed E-state index contributed by atoms with van der Waals surface area (Å²) >= 11 is 2.86. The van der Waals surface area contributed by atoms with Crippen LogP contribution in [0.25, 0.3) is 12.2 Å². The number of carbonyl (C=O) groups is 1. The van der Waals surface area contributed by atoms with Gasteiger partial charge in [-0.3, -0.25) is 4.79 Å². The van der Waals surface area contributed by atoms with Crippen LogP contribution in [0.4, 0.5) is 0 Å². The molecule has 1 N–H and O–H groups in total. The number of hydrogen-bond donors (Lipinski definition) is 1. The van der Waals surface area contributed by atoms with Gasteiger partial charge in [-0.05, 0) is 32.1 Å². The second-order valence-electron chi connectivity index (χ2n) is 3.77. The van der Waals surface area contributed by atoms with Gasteiger partial charge in [-0.25, -0.2) is 4.79 Å². The molecule has 2 heterocycles. The minimum atomic E-state index is -0.446. The predicted molar refractivity (Wildman–Crippen MR) is 77.9 cm³/mol. The molecule has 0 atom stereocenters. The number of aromatic nitrogens is 1. The molecule has 0 aromatic carbocycles. The molecule has 6 heteroatoms. The van der Waals surface area contributed by atoms with Crippen molar-refractivity contribution in [2.45, 2.75) is 13.8 Å². The second-order valence-corrected chi connectivity index (χ2v) is 6.18. The summed E-state index contributed by atoms with van der Waals surface area (Å²) in [6.45, 7) is 4.07. The Balaban J connectivity index is 2.39. The molecule has 2 rings (SSSR count). The van der Waals surface area contributed by atoms with Gasteiger partial charge in [0.25, 0.3) is 5.56 Å². The molecule has 0 saturated carbocycles. The third kappa shape index (κ3) is 3.65. The third-order valence-electron chi connectivity index (χ3n) is 2.25. The number of thiophene rings is 1. The number of hydrogen-bond acceptors (Lipinski definition) is 5. The van der Waals surface area contributed by atoms with E-state index in [2.05, 4.69) is 4.98 Å². The van der Waals surface area contributed by atoms with Gasteiger partial charge in [0.2, 0.25) is 0 Å². The smallest absolute Gasteiger partial charge is 0.333 e. The van der Waals surface area contributed by atoms with Gasteiger partial charge in [0.15, 0.2) is 0 Å². The van der Waals surface area contributed by atoms with Gasteiger partial charge in [0.1, 0.15) is 4.66 Å². The Morgan fingerprint density at radius 3 is 2.84 bits per heavy atom. The SMILES string of the molecule is CCOC(=O)C=c1[nH]c(=O)c(=Cc2ccc(C)s2)s1. The summed E-state index contributed by atoms with van der Waals surface area (Å²) in [5.41, 5.74) is -0.188. The Labute approximate surface area is 117 Å². The number of nitrogens with one attached hydrogen (secondary N) is 1. The minimum Gasteiger partial charge on any atom is -0.463 e. The van der Waals surface area contributed by atoms with Crippen LogP contribution < -0.4 is 14.8 Å². The van der Waals surface area contributed by atoms with Crippen molar-refractivity contribution in [3.8, 4) is 0 Å². The number of rotatable bonds is 3. The van der Waals surface area contributed by atoms with Crippen LogP contribution >= 0.6 is 22.7 Å². The maximum atomic E-state index is 11.7. The Morgan fingerprint density at radius 1 is 1.42 bits per heavy atom. The van der Waals surface area contributed by atoms with E-state index < -0.39 is 5.97 Å². The zero-order chi connectivity index (χ0) is 13.8. The number of esters is 1. The highest BCUT2D eigenvalue weighted by Crippen LogP contribution is 2.14. The molecule has 19 heavy (non-hydrogen) atoms. The molecule has 0 unspecified atom stereocenters. The average molecular weight is 295 g/mol. The van der Waals surface area contributed by atoms with E-state index in [4.69, 9.17) is 4.74 Å². The van der Waals surface area contributed by atoms with Crippen molar-refractivity contribution in [1.29, 1.82) is 0 Å². The zero-order valence-corrected chi connectivity index (χ0v) is 12.2. The van der Waals surface area contributed by atoms with Crippen molar-refractivity contribution >= 4 is 40.8 Å². The van der Waals surface area contributed by atoms with Crippen molar-refractivity contribution in [1.82, 2.24) is 4.98 Å². The van der Waals surface area contributed by atoms with Crippen LogP contribution in [0.1, 0.15) is 16.7 Å². The van der Waals surface area contributed by atoms with Gasteiger partial charge in [-0.1, -0.05) is 0 Å². The quantitative estimate of drug-likeness (QED) is 0.859. The number of aromatic amines is 1. The number of ether oxygens (including phenoxy) is 1. The van der Waals surface area contributed by atoms with Gasteiger partial charge in [-0.15, -0.1) is 22.7 Å². The standard InChI is InChI=1S/C13H13NO3S2/c1-3-17-12(15)7-11-14-13(16)10(19-11)6-9-5-4-8(2)18-9/h4-7H,3H2,1-2H3,(H,14,16). The molecule has 0 radical (unpaired) electrons. The number of aryl methyl sites for hydroxylation is 1. The summed E-state index contributed by atoms with van der Waals surface area (Å²) in [7, 11) is 0. The fraction of sp³-hybridized carbons (Fsp3) is 0.231. The summed E-state index contributed by atoms with van der Waals surface area (Å²) in [6.07, 6.45) is 3.12.